The Morgan fingerprint density at radius 1 is 1.50 bits per heavy atom. The molecule has 18 heavy (non-hydrogen) atoms. The first-order valence-corrected chi connectivity index (χ1v) is 6.97. The molecule has 0 N–H and O–H groups in total. The minimum Gasteiger partial charge on any atom is -0.384 e. The molecule has 1 saturated heterocycles. The number of methoxy groups -OCH3 is 1. The van der Waals surface area contributed by atoms with Crippen molar-refractivity contribution in [2.45, 2.75) is 39.8 Å². The summed E-state index contributed by atoms with van der Waals surface area (Å²) in [6.45, 7) is 9.68. The number of likely N-dealkylation sites (tertiary alicyclic amines) is 1. The van der Waals surface area contributed by atoms with Gasteiger partial charge in [0.25, 0.3) is 0 Å². The standard InChI is InChI=1S/C14H25N3O/c1-4-6-17-12(2)14(8-15-17)10-16-7-5-13(9-16)11-18-3/h8,13H,4-7,9-11H2,1-3H3/t13-/m1/s1. The zero-order valence-electron chi connectivity index (χ0n) is 11.9. The van der Waals surface area contributed by atoms with E-state index in [4.69, 9.17) is 4.74 Å². The number of hydrogen-bond donors (Lipinski definition) is 0. The highest BCUT2D eigenvalue weighted by atomic mass is 16.5. The van der Waals surface area contributed by atoms with Gasteiger partial charge in [0.2, 0.25) is 0 Å². The lowest BCUT2D eigenvalue weighted by Crippen LogP contribution is -2.21. The SMILES string of the molecule is CCCn1ncc(CN2CC[C@@H](COC)C2)c1C. The molecule has 0 amide bonds. The Hall–Kier alpha value is -0.870. The van der Waals surface area contributed by atoms with Gasteiger partial charge in [-0.15, -0.1) is 0 Å². The van der Waals surface area contributed by atoms with Crippen molar-refractivity contribution >= 4 is 0 Å². The summed E-state index contributed by atoms with van der Waals surface area (Å²) in [6, 6.07) is 0. The van der Waals surface area contributed by atoms with Crippen LogP contribution in [0.1, 0.15) is 31.0 Å². The van der Waals surface area contributed by atoms with E-state index in [1.54, 1.807) is 7.11 Å². The van der Waals surface area contributed by atoms with Crippen molar-refractivity contribution in [1.82, 2.24) is 14.7 Å². The third-order valence-corrected chi connectivity index (χ3v) is 3.81. The van der Waals surface area contributed by atoms with Crippen molar-refractivity contribution < 1.29 is 4.74 Å². The Morgan fingerprint density at radius 2 is 2.33 bits per heavy atom. The average Bonchev–Trinajstić information content (AvgIpc) is 2.92. The Bertz CT molecular complexity index is 375. The van der Waals surface area contributed by atoms with Crippen molar-refractivity contribution in [2.75, 3.05) is 26.8 Å². The summed E-state index contributed by atoms with van der Waals surface area (Å²) in [5.74, 6) is 0.709. The molecule has 2 heterocycles. The van der Waals surface area contributed by atoms with E-state index in [0.717, 1.165) is 32.7 Å². The minimum absolute atomic E-state index is 0.709. The quantitative estimate of drug-likeness (QED) is 0.775. The molecule has 0 radical (unpaired) electrons. The molecular formula is C14H25N3O. The van der Waals surface area contributed by atoms with Gasteiger partial charge < -0.3 is 4.74 Å². The second kappa shape index (κ2) is 6.34. The Kier molecular flexibility index (Phi) is 4.78. The normalized spacial score (nSPS) is 20.7. The lowest BCUT2D eigenvalue weighted by Gasteiger charge is -2.15. The molecule has 1 aromatic rings. The lowest BCUT2D eigenvalue weighted by molar-refractivity contribution is 0.152. The van der Waals surface area contributed by atoms with E-state index in [1.165, 1.54) is 24.2 Å². The second-order valence-electron chi connectivity index (χ2n) is 5.32. The van der Waals surface area contributed by atoms with Crippen molar-refractivity contribution in [3.05, 3.63) is 17.5 Å². The topological polar surface area (TPSA) is 30.3 Å². The summed E-state index contributed by atoms with van der Waals surface area (Å²) in [7, 11) is 1.79. The van der Waals surface area contributed by atoms with Gasteiger partial charge in [0.05, 0.1) is 12.8 Å². The van der Waals surface area contributed by atoms with E-state index in [0.29, 0.717) is 5.92 Å². The number of aromatic nitrogens is 2. The maximum atomic E-state index is 5.24. The summed E-state index contributed by atoms with van der Waals surface area (Å²) < 4.78 is 7.36. The second-order valence-corrected chi connectivity index (χ2v) is 5.32. The van der Waals surface area contributed by atoms with Crippen LogP contribution in [0.2, 0.25) is 0 Å². The maximum Gasteiger partial charge on any atom is 0.0537 e. The number of rotatable bonds is 6. The molecular weight excluding hydrogens is 226 g/mol. The molecule has 1 aliphatic rings. The molecule has 4 nitrogen and oxygen atoms in total. The van der Waals surface area contributed by atoms with Crippen LogP contribution >= 0.6 is 0 Å². The molecule has 0 bridgehead atoms. The summed E-state index contributed by atoms with van der Waals surface area (Å²) in [5, 5.41) is 4.47. The van der Waals surface area contributed by atoms with Gasteiger partial charge in [-0.1, -0.05) is 6.92 Å². The fourth-order valence-electron chi connectivity index (χ4n) is 2.75. The van der Waals surface area contributed by atoms with Crippen LogP contribution in [-0.4, -0.2) is 41.5 Å². The Balaban J connectivity index is 1.90. The van der Waals surface area contributed by atoms with Crippen LogP contribution in [0.5, 0.6) is 0 Å². The Labute approximate surface area is 110 Å². The fraction of sp³-hybridized carbons (Fsp3) is 0.786. The molecule has 102 valence electrons. The number of hydrogen-bond acceptors (Lipinski definition) is 3. The molecule has 1 aromatic heterocycles. The average molecular weight is 251 g/mol. The molecule has 4 heteroatoms. The highest BCUT2D eigenvalue weighted by Gasteiger charge is 2.23. The molecule has 0 saturated carbocycles. The van der Waals surface area contributed by atoms with Gasteiger partial charge in [-0.3, -0.25) is 9.58 Å². The van der Waals surface area contributed by atoms with Gasteiger partial charge in [0.1, 0.15) is 0 Å². The van der Waals surface area contributed by atoms with E-state index in [2.05, 4.69) is 28.5 Å². The van der Waals surface area contributed by atoms with E-state index < -0.39 is 0 Å². The molecule has 0 aromatic carbocycles. The largest absolute Gasteiger partial charge is 0.384 e. The van der Waals surface area contributed by atoms with Gasteiger partial charge in [-0.25, -0.2) is 0 Å². The first-order chi connectivity index (χ1) is 8.74. The van der Waals surface area contributed by atoms with Crippen LogP contribution in [0, 0.1) is 12.8 Å². The highest BCUT2D eigenvalue weighted by Crippen LogP contribution is 2.20. The molecule has 1 aliphatic heterocycles. The van der Waals surface area contributed by atoms with Crippen LogP contribution in [0.3, 0.4) is 0 Å². The van der Waals surface area contributed by atoms with Gasteiger partial charge >= 0.3 is 0 Å². The van der Waals surface area contributed by atoms with Crippen molar-refractivity contribution in [2.24, 2.45) is 5.92 Å². The molecule has 0 spiro atoms. The predicted octanol–water partition coefficient (Wildman–Crippen LogP) is 2.07. The van der Waals surface area contributed by atoms with E-state index in [-0.39, 0.29) is 0 Å². The molecule has 0 unspecified atom stereocenters. The Morgan fingerprint density at radius 3 is 3.06 bits per heavy atom. The van der Waals surface area contributed by atoms with Gasteiger partial charge in [0.15, 0.2) is 0 Å². The zero-order valence-corrected chi connectivity index (χ0v) is 11.9. The van der Waals surface area contributed by atoms with Crippen LogP contribution in [0.4, 0.5) is 0 Å². The first-order valence-electron chi connectivity index (χ1n) is 6.97. The van der Waals surface area contributed by atoms with E-state index in [9.17, 15) is 0 Å². The summed E-state index contributed by atoms with van der Waals surface area (Å²) >= 11 is 0. The molecule has 0 aliphatic carbocycles. The van der Waals surface area contributed by atoms with Gasteiger partial charge in [0, 0.05) is 38.0 Å². The van der Waals surface area contributed by atoms with Crippen LogP contribution in [-0.2, 0) is 17.8 Å². The smallest absolute Gasteiger partial charge is 0.0537 e. The van der Waals surface area contributed by atoms with Crippen LogP contribution < -0.4 is 0 Å². The van der Waals surface area contributed by atoms with Crippen LogP contribution in [0.15, 0.2) is 6.20 Å². The lowest BCUT2D eigenvalue weighted by atomic mass is 10.1. The third-order valence-electron chi connectivity index (χ3n) is 3.81. The minimum atomic E-state index is 0.709. The summed E-state index contributed by atoms with van der Waals surface area (Å²) in [4.78, 5) is 2.52. The fourth-order valence-corrected chi connectivity index (χ4v) is 2.75. The monoisotopic (exact) mass is 251 g/mol. The summed E-state index contributed by atoms with van der Waals surface area (Å²) in [5.41, 5.74) is 2.70. The van der Waals surface area contributed by atoms with Crippen molar-refractivity contribution in [1.29, 1.82) is 0 Å². The molecule has 2 rings (SSSR count). The van der Waals surface area contributed by atoms with Gasteiger partial charge in [-0.05, 0) is 32.2 Å². The van der Waals surface area contributed by atoms with Gasteiger partial charge in [-0.2, -0.15) is 5.10 Å². The molecule has 1 atom stereocenters. The number of aryl methyl sites for hydroxylation is 1. The maximum absolute atomic E-state index is 5.24. The van der Waals surface area contributed by atoms with E-state index in [1.807, 2.05) is 6.20 Å². The predicted molar refractivity (Wildman–Crippen MR) is 72.5 cm³/mol. The third kappa shape index (κ3) is 3.12. The number of ether oxygens (including phenoxy) is 1. The summed E-state index contributed by atoms with van der Waals surface area (Å²) in [6.07, 6.45) is 4.44. The van der Waals surface area contributed by atoms with Crippen molar-refractivity contribution in [3.63, 3.8) is 0 Å². The zero-order chi connectivity index (χ0) is 13.0. The van der Waals surface area contributed by atoms with E-state index >= 15 is 0 Å². The first kappa shape index (κ1) is 13.6. The molecule has 1 fully saturated rings. The van der Waals surface area contributed by atoms with Crippen molar-refractivity contribution in [3.8, 4) is 0 Å². The number of nitrogens with zero attached hydrogens (tertiary/aromatic N) is 3. The highest BCUT2D eigenvalue weighted by molar-refractivity contribution is 5.16. The van der Waals surface area contributed by atoms with Crippen LogP contribution in [0.25, 0.3) is 0 Å².